The highest BCUT2D eigenvalue weighted by molar-refractivity contribution is 5.82. The van der Waals surface area contributed by atoms with Gasteiger partial charge in [-0.3, -0.25) is 14.5 Å². The number of hydrogen-bond acceptors (Lipinski definition) is 4. The molecule has 3 fully saturated rings. The predicted molar refractivity (Wildman–Crippen MR) is 112 cm³/mol. The van der Waals surface area contributed by atoms with Crippen molar-refractivity contribution in [3.63, 3.8) is 0 Å². The first-order valence-corrected chi connectivity index (χ1v) is 10.8. The van der Waals surface area contributed by atoms with Crippen molar-refractivity contribution in [2.75, 3.05) is 19.7 Å². The normalized spacial score (nSPS) is 29.9. The molecule has 2 N–H and O–H groups in total. The largest absolute Gasteiger partial charge is 0.394 e. The standard InChI is InChI=1S/C23H29N3O3/c1-14-4-2-5-15-8-18(23(29)24-22(14)15)12-25-10-16-9-17(11-25)20(13-27)26-19(16)6-3-7-21(26)28/h2,4-5,8,16-17,19-20,27H,3,6-7,9-13H2,1H3,(H,24,29)/t16-,17+,19+,20+/m1/s1. The fourth-order valence-electron chi connectivity index (χ4n) is 6.02. The zero-order chi connectivity index (χ0) is 20.1. The summed E-state index contributed by atoms with van der Waals surface area (Å²) in [7, 11) is 0. The van der Waals surface area contributed by atoms with Gasteiger partial charge in [0.1, 0.15) is 0 Å². The lowest BCUT2D eigenvalue weighted by molar-refractivity contribution is -0.155. The lowest BCUT2D eigenvalue weighted by Crippen LogP contribution is -2.65. The van der Waals surface area contributed by atoms with Crippen molar-refractivity contribution in [2.45, 2.75) is 51.2 Å². The molecule has 0 spiro atoms. The van der Waals surface area contributed by atoms with E-state index in [9.17, 15) is 14.7 Å². The molecule has 0 unspecified atom stereocenters. The van der Waals surface area contributed by atoms with Crippen LogP contribution in [0.2, 0.25) is 0 Å². The first kappa shape index (κ1) is 18.8. The zero-order valence-corrected chi connectivity index (χ0v) is 16.9. The van der Waals surface area contributed by atoms with Crippen LogP contribution in [-0.2, 0) is 11.3 Å². The highest BCUT2D eigenvalue weighted by Crippen LogP contribution is 2.41. The number of piperidine rings is 3. The SMILES string of the molecule is Cc1cccc2cc(CN3C[C@H]4C[C@@H](C3)[C@H](CO)N3C(=O)CCC[C@@H]43)c(=O)[nH]c12. The number of fused-ring (bicyclic) bond motifs is 5. The summed E-state index contributed by atoms with van der Waals surface area (Å²) in [4.78, 5) is 32.7. The Morgan fingerprint density at radius 3 is 2.86 bits per heavy atom. The number of pyridine rings is 1. The number of aromatic nitrogens is 1. The number of nitrogens with one attached hydrogen (secondary N) is 1. The number of likely N-dealkylation sites (tertiary alicyclic amines) is 1. The van der Waals surface area contributed by atoms with Crippen LogP contribution in [0.1, 0.15) is 36.8 Å². The molecule has 2 bridgehead atoms. The van der Waals surface area contributed by atoms with Crippen LogP contribution in [0.4, 0.5) is 0 Å². The average Bonchev–Trinajstić information content (AvgIpc) is 2.70. The molecule has 6 heteroatoms. The number of hydrogen-bond donors (Lipinski definition) is 2. The van der Waals surface area contributed by atoms with E-state index >= 15 is 0 Å². The highest BCUT2D eigenvalue weighted by Gasteiger charge is 2.49. The summed E-state index contributed by atoms with van der Waals surface area (Å²) in [5, 5.41) is 11.1. The molecule has 0 aliphatic carbocycles. The lowest BCUT2D eigenvalue weighted by Gasteiger charge is -2.56. The van der Waals surface area contributed by atoms with E-state index in [1.54, 1.807) is 0 Å². The van der Waals surface area contributed by atoms with E-state index in [-0.39, 0.29) is 36.1 Å². The summed E-state index contributed by atoms with van der Waals surface area (Å²) in [6.45, 7) is 4.39. The summed E-state index contributed by atoms with van der Waals surface area (Å²) in [6, 6.07) is 8.25. The highest BCUT2D eigenvalue weighted by atomic mass is 16.3. The van der Waals surface area contributed by atoms with Gasteiger partial charge >= 0.3 is 0 Å². The van der Waals surface area contributed by atoms with Gasteiger partial charge in [0.2, 0.25) is 5.91 Å². The first-order chi connectivity index (χ1) is 14.0. The number of aliphatic hydroxyl groups excluding tert-OH is 1. The Kier molecular flexibility index (Phi) is 4.71. The minimum Gasteiger partial charge on any atom is -0.394 e. The molecule has 3 aliphatic rings. The van der Waals surface area contributed by atoms with Gasteiger partial charge in [0.15, 0.2) is 0 Å². The van der Waals surface area contributed by atoms with E-state index < -0.39 is 0 Å². The van der Waals surface area contributed by atoms with Gasteiger partial charge in [-0.2, -0.15) is 0 Å². The third-order valence-corrected chi connectivity index (χ3v) is 7.32. The number of H-pyrrole nitrogens is 1. The summed E-state index contributed by atoms with van der Waals surface area (Å²) in [6.07, 6.45) is 3.66. The molecule has 3 aliphatic heterocycles. The summed E-state index contributed by atoms with van der Waals surface area (Å²) in [5.74, 6) is 0.922. The smallest absolute Gasteiger partial charge is 0.252 e. The van der Waals surface area contributed by atoms with Crippen molar-refractivity contribution in [1.29, 1.82) is 0 Å². The molecule has 3 saturated heterocycles. The number of benzene rings is 1. The number of amides is 1. The number of para-hydroxylation sites is 1. The molecule has 2 aromatic rings. The second-order valence-corrected chi connectivity index (χ2v) is 9.12. The monoisotopic (exact) mass is 395 g/mol. The van der Waals surface area contributed by atoms with E-state index in [2.05, 4.69) is 9.88 Å². The third-order valence-electron chi connectivity index (χ3n) is 7.32. The maximum absolute atomic E-state index is 12.7. The topological polar surface area (TPSA) is 76.6 Å². The molecule has 6 nitrogen and oxygen atoms in total. The predicted octanol–water partition coefficient (Wildman–Crippen LogP) is 2.03. The molecule has 4 atom stereocenters. The summed E-state index contributed by atoms with van der Waals surface area (Å²) in [5.41, 5.74) is 2.76. The number of nitrogens with zero attached hydrogens (tertiary/aromatic N) is 2. The molecule has 0 saturated carbocycles. The molecule has 1 amide bonds. The van der Waals surface area contributed by atoms with Crippen molar-refractivity contribution in [3.05, 3.63) is 45.7 Å². The number of aryl methyl sites for hydroxylation is 1. The first-order valence-electron chi connectivity index (χ1n) is 10.8. The minimum absolute atomic E-state index is 0.0179. The van der Waals surface area contributed by atoms with Gasteiger partial charge in [0, 0.05) is 37.7 Å². The summed E-state index contributed by atoms with van der Waals surface area (Å²) < 4.78 is 0. The average molecular weight is 396 g/mol. The molecule has 5 rings (SSSR count). The third kappa shape index (κ3) is 3.19. The maximum Gasteiger partial charge on any atom is 0.252 e. The number of carbonyl (C=O) groups is 1. The molecule has 1 aromatic carbocycles. The van der Waals surface area contributed by atoms with Gasteiger partial charge in [-0.05, 0) is 55.0 Å². The van der Waals surface area contributed by atoms with Gasteiger partial charge in [-0.15, -0.1) is 0 Å². The second kappa shape index (κ2) is 7.26. The van der Waals surface area contributed by atoms with Crippen molar-refractivity contribution in [3.8, 4) is 0 Å². The Hall–Kier alpha value is -2.18. The van der Waals surface area contributed by atoms with Gasteiger partial charge in [-0.25, -0.2) is 0 Å². The number of carbonyl (C=O) groups excluding carboxylic acids is 1. The zero-order valence-electron chi connectivity index (χ0n) is 16.9. The molecule has 1 aromatic heterocycles. The van der Waals surface area contributed by atoms with E-state index in [0.29, 0.717) is 18.9 Å². The van der Waals surface area contributed by atoms with Crippen molar-refractivity contribution >= 4 is 16.8 Å². The van der Waals surface area contributed by atoms with Gasteiger partial charge in [-0.1, -0.05) is 18.2 Å². The molecular weight excluding hydrogens is 366 g/mol. The molecule has 4 heterocycles. The Balaban J connectivity index is 1.41. The Morgan fingerprint density at radius 1 is 1.21 bits per heavy atom. The Morgan fingerprint density at radius 2 is 2.03 bits per heavy atom. The Bertz CT molecular complexity index is 987. The van der Waals surface area contributed by atoms with Crippen LogP contribution < -0.4 is 5.56 Å². The van der Waals surface area contributed by atoms with Crippen molar-refractivity contribution < 1.29 is 9.90 Å². The van der Waals surface area contributed by atoms with Crippen LogP contribution in [0.5, 0.6) is 0 Å². The molecule has 154 valence electrons. The van der Waals surface area contributed by atoms with Crippen LogP contribution >= 0.6 is 0 Å². The van der Waals surface area contributed by atoms with E-state index in [0.717, 1.165) is 54.4 Å². The van der Waals surface area contributed by atoms with Crippen molar-refractivity contribution in [2.24, 2.45) is 11.8 Å². The molecule has 0 radical (unpaired) electrons. The fraction of sp³-hybridized carbons (Fsp3) is 0.565. The maximum atomic E-state index is 12.7. The number of aromatic amines is 1. The number of aliphatic hydroxyl groups is 1. The Labute approximate surface area is 170 Å². The molecular formula is C23H29N3O3. The lowest BCUT2D eigenvalue weighted by atomic mass is 9.72. The quantitative estimate of drug-likeness (QED) is 0.834. The van der Waals surface area contributed by atoms with Gasteiger partial charge in [0.05, 0.1) is 18.2 Å². The summed E-state index contributed by atoms with van der Waals surface area (Å²) >= 11 is 0. The van der Waals surface area contributed by atoms with Crippen LogP contribution in [0.25, 0.3) is 10.9 Å². The number of rotatable bonds is 3. The van der Waals surface area contributed by atoms with Gasteiger partial charge in [0.25, 0.3) is 5.56 Å². The van der Waals surface area contributed by atoms with E-state index in [4.69, 9.17) is 0 Å². The fourth-order valence-corrected chi connectivity index (χ4v) is 6.02. The van der Waals surface area contributed by atoms with Crippen molar-refractivity contribution in [1.82, 2.24) is 14.8 Å². The van der Waals surface area contributed by atoms with Gasteiger partial charge < -0.3 is 15.0 Å². The minimum atomic E-state index is -0.0793. The van der Waals surface area contributed by atoms with Crippen LogP contribution in [0.15, 0.2) is 29.1 Å². The molecule has 29 heavy (non-hydrogen) atoms. The van der Waals surface area contributed by atoms with Crippen LogP contribution in [0, 0.1) is 18.8 Å². The van der Waals surface area contributed by atoms with E-state index in [1.165, 1.54) is 0 Å². The van der Waals surface area contributed by atoms with Crippen LogP contribution in [-0.4, -0.2) is 57.6 Å². The second-order valence-electron chi connectivity index (χ2n) is 9.12. The van der Waals surface area contributed by atoms with E-state index in [1.807, 2.05) is 36.1 Å². The van der Waals surface area contributed by atoms with Crippen LogP contribution in [0.3, 0.4) is 0 Å².